The fraction of sp³-hybridized carbons (Fsp3) is 0.400. The fourth-order valence-electron chi connectivity index (χ4n) is 1.24. The van der Waals surface area contributed by atoms with Crippen molar-refractivity contribution in [1.29, 1.82) is 0 Å². The largest absolute Gasteiger partial charge is 0.508 e. The number of halogens is 1. The quantitative estimate of drug-likeness (QED) is 0.796. The Morgan fingerprint density at radius 1 is 1.46 bits per heavy atom. The van der Waals surface area contributed by atoms with Crippen LogP contribution in [0.3, 0.4) is 0 Å². The highest BCUT2D eigenvalue weighted by Gasteiger charge is 2.04. The third-order valence-electron chi connectivity index (χ3n) is 1.95. The zero-order chi connectivity index (χ0) is 9.68. The van der Waals surface area contributed by atoms with Crippen LogP contribution < -0.4 is 5.32 Å². The van der Waals surface area contributed by atoms with Crippen LogP contribution in [0.1, 0.15) is 12.0 Å². The van der Waals surface area contributed by atoms with Crippen LogP contribution in [0.5, 0.6) is 5.75 Å². The highest BCUT2D eigenvalue weighted by Crippen LogP contribution is 2.26. The Balaban J connectivity index is 2.64. The van der Waals surface area contributed by atoms with Gasteiger partial charge >= 0.3 is 0 Å². The van der Waals surface area contributed by atoms with Gasteiger partial charge in [0, 0.05) is 10.0 Å². The molecule has 0 radical (unpaired) electrons. The molecule has 0 aliphatic heterocycles. The van der Waals surface area contributed by atoms with Crippen LogP contribution in [-0.2, 0) is 6.42 Å². The summed E-state index contributed by atoms with van der Waals surface area (Å²) in [4.78, 5) is 0. The third kappa shape index (κ3) is 3.01. The summed E-state index contributed by atoms with van der Waals surface area (Å²) in [5.74, 6) is 0.380. The topological polar surface area (TPSA) is 32.3 Å². The number of benzene rings is 1. The van der Waals surface area contributed by atoms with Gasteiger partial charge in [-0.05, 0) is 38.6 Å². The molecule has 0 fully saturated rings. The van der Waals surface area contributed by atoms with Gasteiger partial charge in [0.05, 0.1) is 0 Å². The van der Waals surface area contributed by atoms with E-state index in [1.807, 2.05) is 19.2 Å². The van der Waals surface area contributed by atoms with Crippen molar-refractivity contribution in [1.82, 2.24) is 5.32 Å². The summed E-state index contributed by atoms with van der Waals surface area (Å²) < 4.78 is 0.989. The zero-order valence-corrected chi connectivity index (χ0v) is 9.26. The van der Waals surface area contributed by atoms with Gasteiger partial charge in [0.25, 0.3) is 0 Å². The molecule has 0 aliphatic rings. The summed E-state index contributed by atoms with van der Waals surface area (Å²) >= 11 is 3.42. The SMILES string of the molecule is CNCCCc1c(O)cccc1Br. The van der Waals surface area contributed by atoms with Crippen LogP contribution in [0.15, 0.2) is 22.7 Å². The molecule has 13 heavy (non-hydrogen) atoms. The van der Waals surface area contributed by atoms with Crippen molar-refractivity contribution in [3.8, 4) is 5.75 Å². The number of rotatable bonds is 4. The molecule has 0 aliphatic carbocycles. The first-order valence-corrected chi connectivity index (χ1v) is 5.16. The van der Waals surface area contributed by atoms with Gasteiger partial charge in [-0.2, -0.15) is 0 Å². The molecule has 0 bridgehead atoms. The van der Waals surface area contributed by atoms with Crippen molar-refractivity contribution in [2.24, 2.45) is 0 Å². The van der Waals surface area contributed by atoms with Crippen LogP contribution in [0.2, 0.25) is 0 Å². The van der Waals surface area contributed by atoms with Crippen LogP contribution in [0, 0.1) is 0 Å². The molecule has 0 saturated carbocycles. The maximum Gasteiger partial charge on any atom is 0.119 e. The Bertz CT molecular complexity index is 255. The molecule has 0 heterocycles. The van der Waals surface area contributed by atoms with E-state index >= 15 is 0 Å². The molecule has 72 valence electrons. The Labute approximate surface area is 87.1 Å². The average molecular weight is 244 g/mol. The Morgan fingerprint density at radius 2 is 2.23 bits per heavy atom. The minimum atomic E-state index is 0.380. The van der Waals surface area contributed by atoms with Crippen molar-refractivity contribution in [2.45, 2.75) is 12.8 Å². The molecule has 1 aromatic rings. The maximum atomic E-state index is 9.54. The van der Waals surface area contributed by atoms with Gasteiger partial charge in [0.15, 0.2) is 0 Å². The lowest BCUT2D eigenvalue weighted by molar-refractivity contribution is 0.466. The van der Waals surface area contributed by atoms with E-state index in [1.165, 1.54) is 0 Å². The van der Waals surface area contributed by atoms with E-state index in [1.54, 1.807) is 6.07 Å². The fourth-order valence-corrected chi connectivity index (χ4v) is 1.79. The van der Waals surface area contributed by atoms with Crippen molar-refractivity contribution >= 4 is 15.9 Å². The molecule has 1 aromatic carbocycles. The van der Waals surface area contributed by atoms with E-state index in [4.69, 9.17) is 0 Å². The third-order valence-corrected chi connectivity index (χ3v) is 2.69. The standard InChI is InChI=1S/C10H14BrNO/c1-12-7-3-4-8-9(11)5-2-6-10(8)13/h2,5-6,12-13H,3-4,7H2,1H3. The molecule has 0 saturated heterocycles. The van der Waals surface area contributed by atoms with Crippen LogP contribution in [0.4, 0.5) is 0 Å². The lowest BCUT2D eigenvalue weighted by Gasteiger charge is -2.06. The predicted molar refractivity (Wildman–Crippen MR) is 58.1 cm³/mol. The van der Waals surface area contributed by atoms with Crippen molar-refractivity contribution < 1.29 is 5.11 Å². The van der Waals surface area contributed by atoms with Gasteiger partial charge in [-0.1, -0.05) is 22.0 Å². The van der Waals surface area contributed by atoms with Gasteiger partial charge in [-0.3, -0.25) is 0 Å². The first-order valence-electron chi connectivity index (χ1n) is 4.36. The second-order valence-corrected chi connectivity index (χ2v) is 3.80. The van der Waals surface area contributed by atoms with Crippen LogP contribution >= 0.6 is 15.9 Å². The minimum absolute atomic E-state index is 0.380. The molecule has 0 spiro atoms. The summed E-state index contributed by atoms with van der Waals surface area (Å²) in [6, 6.07) is 5.51. The van der Waals surface area contributed by atoms with Gasteiger partial charge in [-0.15, -0.1) is 0 Å². The number of hydrogen-bond acceptors (Lipinski definition) is 2. The van der Waals surface area contributed by atoms with E-state index < -0.39 is 0 Å². The lowest BCUT2D eigenvalue weighted by Crippen LogP contribution is -2.08. The van der Waals surface area contributed by atoms with Crippen LogP contribution in [0.25, 0.3) is 0 Å². The summed E-state index contributed by atoms with van der Waals surface area (Å²) in [6.07, 6.45) is 1.93. The van der Waals surface area contributed by atoms with Crippen LogP contribution in [-0.4, -0.2) is 18.7 Å². The molecule has 0 aromatic heterocycles. The number of aromatic hydroxyl groups is 1. The maximum absolute atomic E-state index is 9.54. The molecule has 2 nitrogen and oxygen atoms in total. The van der Waals surface area contributed by atoms with E-state index in [-0.39, 0.29) is 0 Å². The highest BCUT2D eigenvalue weighted by atomic mass is 79.9. The van der Waals surface area contributed by atoms with E-state index in [0.29, 0.717) is 5.75 Å². The average Bonchev–Trinajstić information content (AvgIpc) is 2.10. The number of phenolic OH excluding ortho intramolecular Hbond substituents is 1. The van der Waals surface area contributed by atoms with E-state index in [2.05, 4.69) is 21.2 Å². The highest BCUT2D eigenvalue weighted by molar-refractivity contribution is 9.10. The predicted octanol–water partition coefficient (Wildman–Crippen LogP) is 2.31. The molecular formula is C10H14BrNO. The molecule has 0 amide bonds. The number of phenols is 1. The first-order chi connectivity index (χ1) is 6.25. The molecule has 3 heteroatoms. The van der Waals surface area contributed by atoms with Gasteiger partial charge < -0.3 is 10.4 Å². The monoisotopic (exact) mass is 243 g/mol. The van der Waals surface area contributed by atoms with Gasteiger partial charge in [0.2, 0.25) is 0 Å². The normalized spacial score (nSPS) is 10.3. The second kappa shape index (κ2) is 5.25. The van der Waals surface area contributed by atoms with Crippen molar-refractivity contribution in [3.05, 3.63) is 28.2 Å². The lowest BCUT2D eigenvalue weighted by atomic mass is 10.1. The summed E-state index contributed by atoms with van der Waals surface area (Å²) in [6.45, 7) is 0.973. The number of hydrogen-bond donors (Lipinski definition) is 2. The van der Waals surface area contributed by atoms with Gasteiger partial charge in [0.1, 0.15) is 5.75 Å². The summed E-state index contributed by atoms with van der Waals surface area (Å²) in [5.41, 5.74) is 0.998. The van der Waals surface area contributed by atoms with Crippen molar-refractivity contribution in [2.75, 3.05) is 13.6 Å². The smallest absolute Gasteiger partial charge is 0.119 e. The Hall–Kier alpha value is -0.540. The number of nitrogens with one attached hydrogen (secondary N) is 1. The minimum Gasteiger partial charge on any atom is -0.508 e. The first kappa shape index (κ1) is 10.5. The Kier molecular flexibility index (Phi) is 4.25. The molecule has 0 unspecified atom stereocenters. The molecule has 1 rings (SSSR count). The molecular weight excluding hydrogens is 230 g/mol. The summed E-state index contributed by atoms with van der Waals surface area (Å²) in [5, 5.41) is 12.6. The van der Waals surface area contributed by atoms with Gasteiger partial charge in [-0.25, -0.2) is 0 Å². The Morgan fingerprint density at radius 3 is 2.85 bits per heavy atom. The van der Waals surface area contributed by atoms with E-state index in [0.717, 1.165) is 29.4 Å². The molecule has 2 N–H and O–H groups in total. The van der Waals surface area contributed by atoms with E-state index in [9.17, 15) is 5.11 Å². The molecule has 0 atom stereocenters. The summed E-state index contributed by atoms with van der Waals surface area (Å²) in [7, 11) is 1.93. The zero-order valence-electron chi connectivity index (χ0n) is 7.68. The second-order valence-electron chi connectivity index (χ2n) is 2.94. The van der Waals surface area contributed by atoms with Crippen molar-refractivity contribution in [3.63, 3.8) is 0 Å².